The quantitative estimate of drug-likeness (QED) is 0.654. The molecule has 1 aliphatic rings. The lowest BCUT2D eigenvalue weighted by Gasteiger charge is -2.13. The summed E-state index contributed by atoms with van der Waals surface area (Å²) in [4.78, 5) is 30.5. The van der Waals surface area contributed by atoms with E-state index in [4.69, 9.17) is 21.1 Å². The lowest BCUT2D eigenvalue weighted by molar-refractivity contribution is -0.121. The van der Waals surface area contributed by atoms with Crippen LogP contribution in [0.2, 0.25) is 5.02 Å². The Morgan fingerprint density at radius 2 is 2.03 bits per heavy atom. The topological polar surface area (TPSA) is 80.2 Å². The first-order valence-corrected chi connectivity index (χ1v) is 10.2. The number of hydrogen-bond donors (Lipinski definition) is 1. The first-order valence-electron chi connectivity index (χ1n) is 9.02. The van der Waals surface area contributed by atoms with Gasteiger partial charge >= 0.3 is 0 Å². The molecular formula is C21H19ClFN3O4S. The van der Waals surface area contributed by atoms with Crippen molar-refractivity contribution in [1.82, 2.24) is 4.90 Å². The van der Waals surface area contributed by atoms with Crippen molar-refractivity contribution in [3.63, 3.8) is 0 Å². The third kappa shape index (κ3) is 5.36. The fraction of sp³-hybridized carbons (Fsp3) is 0.190. The number of likely N-dealkylation sites (N-methyl/N-ethyl adjacent to an activating group) is 1. The van der Waals surface area contributed by atoms with Gasteiger partial charge in [-0.25, -0.2) is 4.39 Å². The Kier molecular flexibility index (Phi) is 7.19. The van der Waals surface area contributed by atoms with E-state index < -0.39 is 11.7 Å². The van der Waals surface area contributed by atoms with Crippen LogP contribution in [0.5, 0.6) is 11.5 Å². The summed E-state index contributed by atoms with van der Waals surface area (Å²) in [5.41, 5.74) is 1.07. The third-order valence-electron chi connectivity index (χ3n) is 4.22. The summed E-state index contributed by atoms with van der Waals surface area (Å²) in [6.07, 6.45) is 1.68. The molecule has 2 aromatic carbocycles. The van der Waals surface area contributed by atoms with E-state index >= 15 is 0 Å². The highest BCUT2D eigenvalue weighted by Gasteiger charge is 2.29. The van der Waals surface area contributed by atoms with Crippen LogP contribution in [0.3, 0.4) is 0 Å². The minimum Gasteiger partial charge on any atom is -0.493 e. The lowest BCUT2D eigenvalue weighted by atomic mass is 10.2. The van der Waals surface area contributed by atoms with Crippen molar-refractivity contribution in [2.24, 2.45) is 4.99 Å². The molecule has 1 fully saturated rings. The van der Waals surface area contributed by atoms with Gasteiger partial charge in [-0.15, -0.1) is 0 Å². The van der Waals surface area contributed by atoms with Crippen LogP contribution in [0.4, 0.5) is 10.1 Å². The van der Waals surface area contributed by atoms with Gasteiger partial charge in [0.1, 0.15) is 5.82 Å². The van der Waals surface area contributed by atoms with Crippen molar-refractivity contribution < 1.29 is 23.5 Å². The van der Waals surface area contributed by atoms with Crippen molar-refractivity contribution >= 4 is 52.1 Å². The summed E-state index contributed by atoms with van der Waals surface area (Å²) >= 11 is 7.60. The number of hydrogen-bond acceptors (Lipinski definition) is 6. The zero-order valence-electron chi connectivity index (χ0n) is 16.9. The number of amides is 2. The third-order valence-corrected chi connectivity index (χ3v) is 5.65. The van der Waals surface area contributed by atoms with Crippen LogP contribution < -0.4 is 14.8 Å². The zero-order chi connectivity index (χ0) is 22.5. The van der Waals surface area contributed by atoms with Crippen LogP contribution in [0, 0.1) is 5.82 Å². The predicted molar refractivity (Wildman–Crippen MR) is 120 cm³/mol. The Morgan fingerprint density at radius 3 is 2.65 bits per heavy atom. The Balaban J connectivity index is 1.74. The molecule has 0 aliphatic carbocycles. The number of carbonyl (C=O) groups is 2. The molecule has 7 nitrogen and oxygen atoms in total. The first kappa shape index (κ1) is 22.6. The van der Waals surface area contributed by atoms with E-state index in [-0.39, 0.29) is 23.3 Å². The number of ether oxygens (including phenoxy) is 2. The Bertz CT molecular complexity index is 1070. The van der Waals surface area contributed by atoms with Gasteiger partial charge in [0.25, 0.3) is 11.8 Å². The Hall–Kier alpha value is -3.04. The summed E-state index contributed by atoms with van der Waals surface area (Å²) in [5.74, 6) is -0.513. The van der Waals surface area contributed by atoms with Crippen LogP contribution in [0.15, 0.2) is 46.3 Å². The number of halogens is 2. The maximum absolute atomic E-state index is 13.0. The number of aliphatic imine (C=N–C) groups is 1. The molecule has 3 rings (SSSR count). The molecule has 0 bridgehead atoms. The van der Waals surface area contributed by atoms with Crippen LogP contribution in [-0.4, -0.2) is 49.7 Å². The average molecular weight is 464 g/mol. The van der Waals surface area contributed by atoms with Gasteiger partial charge in [0, 0.05) is 19.8 Å². The standard InChI is InChI=1S/C21H19ClFN3O4S/c1-24-21-26(2)20(28)17(31-21)10-12-8-15(22)19(16(9-12)29-3)30-11-18(27)25-14-6-4-13(23)5-7-14/h4-10H,11H2,1-3H3,(H,25,27)/b17-10+,24-21?. The Morgan fingerprint density at radius 1 is 1.32 bits per heavy atom. The molecule has 1 saturated heterocycles. The molecule has 0 unspecified atom stereocenters. The molecule has 1 N–H and O–H groups in total. The van der Waals surface area contributed by atoms with E-state index in [2.05, 4.69) is 10.3 Å². The number of amidine groups is 1. The van der Waals surface area contributed by atoms with Gasteiger partial charge in [-0.1, -0.05) is 11.6 Å². The molecular weight excluding hydrogens is 445 g/mol. The minimum atomic E-state index is -0.446. The van der Waals surface area contributed by atoms with E-state index in [1.807, 2.05) is 0 Å². The van der Waals surface area contributed by atoms with Crippen LogP contribution in [0.25, 0.3) is 6.08 Å². The van der Waals surface area contributed by atoms with Gasteiger partial charge in [0.2, 0.25) is 0 Å². The van der Waals surface area contributed by atoms with Gasteiger partial charge in [-0.2, -0.15) is 0 Å². The Labute approximate surface area is 187 Å². The molecule has 2 amide bonds. The van der Waals surface area contributed by atoms with Crippen molar-refractivity contribution in [3.8, 4) is 11.5 Å². The molecule has 10 heteroatoms. The molecule has 31 heavy (non-hydrogen) atoms. The summed E-state index contributed by atoms with van der Waals surface area (Å²) < 4.78 is 23.9. The molecule has 1 heterocycles. The molecule has 0 spiro atoms. The van der Waals surface area contributed by atoms with E-state index in [0.717, 1.165) is 0 Å². The number of methoxy groups -OCH3 is 1. The van der Waals surface area contributed by atoms with Gasteiger partial charge in [-0.05, 0) is 59.8 Å². The highest BCUT2D eigenvalue weighted by atomic mass is 35.5. The smallest absolute Gasteiger partial charge is 0.266 e. The molecule has 2 aromatic rings. The number of nitrogens with one attached hydrogen (secondary N) is 1. The minimum absolute atomic E-state index is 0.168. The van der Waals surface area contributed by atoms with Crippen molar-refractivity contribution in [3.05, 3.63) is 57.7 Å². The van der Waals surface area contributed by atoms with Gasteiger partial charge in [0.05, 0.1) is 17.0 Å². The number of rotatable bonds is 6. The fourth-order valence-corrected chi connectivity index (χ4v) is 3.93. The number of anilines is 1. The summed E-state index contributed by atoms with van der Waals surface area (Å²) in [5, 5.41) is 3.41. The van der Waals surface area contributed by atoms with Gasteiger partial charge < -0.3 is 14.8 Å². The normalized spacial score (nSPS) is 16.2. The van der Waals surface area contributed by atoms with Crippen molar-refractivity contribution in [2.75, 3.05) is 33.1 Å². The van der Waals surface area contributed by atoms with Crippen molar-refractivity contribution in [1.29, 1.82) is 0 Å². The van der Waals surface area contributed by atoms with Gasteiger partial charge in [0.15, 0.2) is 23.3 Å². The maximum atomic E-state index is 13.0. The number of nitrogens with zero attached hydrogens (tertiary/aromatic N) is 2. The van der Waals surface area contributed by atoms with Crippen LogP contribution in [-0.2, 0) is 9.59 Å². The number of benzene rings is 2. The maximum Gasteiger partial charge on any atom is 0.266 e. The van der Waals surface area contributed by atoms with Crippen LogP contribution >= 0.6 is 23.4 Å². The molecule has 1 aliphatic heterocycles. The average Bonchev–Trinajstić information content (AvgIpc) is 3.02. The zero-order valence-corrected chi connectivity index (χ0v) is 18.5. The molecule has 0 radical (unpaired) electrons. The van der Waals surface area contributed by atoms with Crippen molar-refractivity contribution in [2.45, 2.75) is 0 Å². The highest BCUT2D eigenvalue weighted by Crippen LogP contribution is 2.38. The second-order valence-electron chi connectivity index (χ2n) is 6.36. The summed E-state index contributed by atoms with van der Waals surface area (Å²) in [6, 6.07) is 8.63. The SMILES string of the molecule is CN=C1S/C(=C/c2cc(Cl)c(OCC(=O)Nc3ccc(F)cc3)c(OC)c2)C(=O)N1C. The molecule has 0 atom stereocenters. The first-order chi connectivity index (χ1) is 14.8. The predicted octanol–water partition coefficient (Wildman–Crippen LogP) is 4.04. The fourth-order valence-electron chi connectivity index (χ4n) is 2.73. The lowest BCUT2D eigenvalue weighted by Crippen LogP contribution is -2.23. The summed E-state index contributed by atoms with van der Waals surface area (Å²) in [7, 11) is 4.71. The number of thioether (sulfide) groups is 1. The highest BCUT2D eigenvalue weighted by molar-refractivity contribution is 8.18. The largest absolute Gasteiger partial charge is 0.493 e. The van der Waals surface area contributed by atoms with Gasteiger partial charge in [-0.3, -0.25) is 19.5 Å². The molecule has 0 saturated carbocycles. The molecule has 162 valence electrons. The van der Waals surface area contributed by atoms with E-state index in [1.165, 1.54) is 48.0 Å². The molecule has 0 aromatic heterocycles. The van der Waals surface area contributed by atoms with E-state index in [1.54, 1.807) is 32.3 Å². The van der Waals surface area contributed by atoms with Crippen LogP contribution in [0.1, 0.15) is 5.56 Å². The summed E-state index contributed by atoms with van der Waals surface area (Å²) in [6.45, 7) is -0.330. The second kappa shape index (κ2) is 9.84. The second-order valence-corrected chi connectivity index (χ2v) is 7.78. The monoisotopic (exact) mass is 463 g/mol. The van der Waals surface area contributed by atoms with E-state index in [9.17, 15) is 14.0 Å². The number of carbonyl (C=O) groups excluding carboxylic acids is 2. The van der Waals surface area contributed by atoms with E-state index in [0.29, 0.717) is 27.1 Å².